The van der Waals surface area contributed by atoms with Crippen molar-refractivity contribution >= 4 is 10.0 Å². The number of halogens is 1. The summed E-state index contributed by atoms with van der Waals surface area (Å²) in [6.07, 6.45) is 1.46. The molecule has 1 fully saturated rings. The Morgan fingerprint density at radius 3 is 2.36 bits per heavy atom. The molecule has 1 atom stereocenters. The first-order chi connectivity index (χ1) is 12.0. The fourth-order valence-electron chi connectivity index (χ4n) is 3.16. The Kier molecular flexibility index (Phi) is 4.96. The quantitative estimate of drug-likeness (QED) is 0.815. The SMILES string of the molecule is COc1ccc(S(=O)(=O)N2CCCC2c2ccc(F)cc2)cc1OC. The highest BCUT2D eigenvalue weighted by Gasteiger charge is 2.36. The monoisotopic (exact) mass is 365 g/mol. The Morgan fingerprint density at radius 1 is 1.04 bits per heavy atom. The molecule has 5 nitrogen and oxygen atoms in total. The van der Waals surface area contributed by atoms with Gasteiger partial charge in [-0.15, -0.1) is 0 Å². The van der Waals surface area contributed by atoms with E-state index >= 15 is 0 Å². The number of rotatable bonds is 5. The van der Waals surface area contributed by atoms with Gasteiger partial charge < -0.3 is 9.47 Å². The lowest BCUT2D eigenvalue weighted by Crippen LogP contribution is -2.30. The van der Waals surface area contributed by atoms with Crippen molar-refractivity contribution in [3.05, 3.63) is 53.8 Å². The van der Waals surface area contributed by atoms with Crippen molar-refractivity contribution in [3.63, 3.8) is 0 Å². The standard InChI is InChI=1S/C18H20FNO4S/c1-23-17-10-9-15(12-18(17)24-2)25(21,22)20-11-3-4-16(20)13-5-7-14(19)8-6-13/h5-10,12,16H,3-4,11H2,1-2H3. The summed E-state index contributed by atoms with van der Waals surface area (Å²) < 4.78 is 51.2. The molecule has 2 aromatic rings. The van der Waals surface area contributed by atoms with Crippen LogP contribution in [0.5, 0.6) is 11.5 Å². The summed E-state index contributed by atoms with van der Waals surface area (Å²) >= 11 is 0. The third kappa shape index (κ3) is 3.34. The Balaban J connectivity index is 1.97. The van der Waals surface area contributed by atoms with Crippen LogP contribution in [0.4, 0.5) is 4.39 Å². The molecule has 1 heterocycles. The average molecular weight is 365 g/mol. The molecule has 1 aliphatic rings. The third-order valence-corrected chi connectivity index (χ3v) is 6.32. The molecule has 25 heavy (non-hydrogen) atoms. The average Bonchev–Trinajstić information content (AvgIpc) is 3.12. The lowest BCUT2D eigenvalue weighted by atomic mass is 10.1. The zero-order valence-electron chi connectivity index (χ0n) is 14.1. The van der Waals surface area contributed by atoms with Crippen LogP contribution in [0, 0.1) is 5.82 Å². The smallest absolute Gasteiger partial charge is 0.243 e. The topological polar surface area (TPSA) is 55.8 Å². The molecule has 1 saturated heterocycles. The van der Waals surface area contributed by atoms with Gasteiger partial charge in [0.15, 0.2) is 11.5 Å². The zero-order chi connectivity index (χ0) is 18.0. The molecule has 2 aromatic carbocycles. The first-order valence-corrected chi connectivity index (χ1v) is 9.40. The minimum atomic E-state index is -3.70. The van der Waals surface area contributed by atoms with Crippen molar-refractivity contribution in [2.75, 3.05) is 20.8 Å². The van der Waals surface area contributed by atoms with E-state index in [-0.39, 0.29) is 16.8 Å². The van der Waals surface area contributed by atoms with E-state index in [2.05, 4.69) is 0 Å². The molecular formula is C18H20FNO4S. The minimum absolute atomic E-state index is 0.152. The van der Waals surface area contributed by atoms with E-state index in [1.54, 1.807) is 18.2 Å². The maximum absolute atomic E-state index is 13.2. The summed E-state index contributed by atoms with van der Waals surface area (Å²) in [5, 5.41) is 0. The molecule has 3 rings (SSSR count). The van der Waals surface area contributed by atoms with Gasteiger partial charge >= 0.3 is 0 Å². The largest absolute Gasteiger partial charge is 0.493 e. The second-order valence-electron chi connectivity index (χ2n) is 5.84. The number of benzene rings is 2. The maximum atomic E-state index is 13.2. The van der Waals surface area contributed by atoms with Crippen LogP contribution >= 0.6 is 0 Å². The lowest BCUT2D eigenvalue weighted by molar-refractivity contribution is 0.353. The van der Waals surface area contributed by atoms with Crippen molar-refractivity contribution in [1.82, 2.24) is 4.31 Å². The van der Waals surface area contributed by atoms with Crippen molar-refractivity contribution in [3.8, 4) is 11.5 Å². The molecular weight excluding hydrogens is 345 g/mol. The summed E-state index contributed by atoms with van der Waals surface area (Å²) in [6.45, 7) is 0.429. The van der Waals surface area contributed by atoms with Gasteiger partial charge in [-0.1, -0.05) is 12.1 Å². The molecule has 0 spiro atoms. The van der Waals surface area contributed by atoms with Gasteiger partial charge in [0.05, 0.1) is 25.2 Å². The molecule has 134 valence electrons. The first kappa shape index (κ1) is 17.7. The van der Waals surface area contributed by atoms with Gasteiger partial charge in [-0.05, 0) is 42.7 Å². The first-order valence-electron chi connectivity index (χ1n) is 7.96. The van der Waals surface area contributed by atoms with Gasteiger partial charge in [0, 0.05) is 12.6 Å². The molecule has 0 amide bonds. The summed E-state index contributed by atoms with van der Waals surface area (Å²) in [6, 6.07) is 10.3. The molecule has 0 aromatic heterocycles. The Hall–Kier alpha value is -2.12. The molecule has 7 heteroatoms. The number of hydrogen-bond acceptors (Lipinski definition) is 4. The number of ether oxygens (including phenoxy) is 2. The van der Waals surface area contributed by atoms with Crippen molar-refractivity contribution in [2.45, 2.75) is 23.8 Å². The Labute approximate surface area is 147 Å². The van der Waals surface area contributed by atoms with Crippen LogP contribution in [0.25, 0.3) is 0 Å². The summed E-state index contributed by atoms with van der Waals surface area (Å²) in [7, 11) is -0.739. The zero-order valence-corrected chi connectivity index (χ0v) is 14.9. The van der Waals surface area contributed by atoms with Gasteiger partial charge in [-0.3, -0.25) is 0 Å². The fraction of sp³-hybridized carbons (Fsp3) is 0.333. The van der Waals surface area contributed by atoms with Crippen molar-refractivity contribution < 1.29 is 22.3 Å². The molecule has 0 bridgehead atoms. The van der Waals surface area contributed by atoms with Crippen LogP contribution < -0.4 is 9.47 Å². The second kappa shape index (κ2) is 7.01. The maximum Gasteiger partial charge on any atom is 0.243 e. The van der Waals surface area contributed by atoms with Crippen LogP contribution in [0.15, 0.2) is 47.4 Å². The molecule has 1 aliphatic heterocycles. The summed E-state index contributed by atoms with van der Waals surface area (Å²) in [5.74, 6) is 0.495. The van der Waals surface area contributed by atoms with Gasteiger partial charge in [0.25, 0.3) is 0 Å². The van der Waals surface area contributed by atoms with Crippen LogP contribution in [-0.2, 0) is 10.0 Å². The van der Waals surface area contributed by atoms with E-state index in [4.69, 9.17) is 9.47 Å². The van der Waals surface area contributed by atoms with Crippen LogP contribution in [0.1, 0.15) is 24.4 Å². The summed E-state index contributed by atoms with van der Waals surface area (Å²) in [5.41, 5.74) is 0.794. The van der Waals surface area contributed by atoms with E-state index in [9.17, 15) is 12.8 Å². The Bertz CT molecular complexity index is 852. The second-order valence-corrected chi connectivity index (χ2v) is 7.73. The van der Waals surface area contributed by atoms with Crippen LogP contribution in [-0.4, -0.2) is 33.5 Å². The normalized spacial score (nSPS) is 18.3. The Morgan fingerprint density at radius 2 is 1.72 bits per heavy atom. The van der Waals surface area contributed by atoms with E-state index in [1.807, 2.05) is 0 Å². The van der Waals surface area contributed by atoms with Gasteiger partial charge in [-0.25, -0.2) is 12.8 Å². The minimum Gasteiger partial charge on any atom is -0.493 e. The molecule has 0 N–H and O–H groups in total. The highest BCUT2D eigenvalue weighted by Crippen LogP contribution is 2.38. The molecule has 0 aliphatic carbocycles. The van der Waals surface area contributed by atoms with Crippen LogP contribution in [0.3, 0.4) is 0 Å². The third-order valence-electron chi connectivity index (χ3n) is 4.42. The van der Waals surface area contributed by atoms with Gasteiger partial charge in [-0.2, -0.15) is 4.31 Å². The van der Waals surface area contributed by atoms with Crippen molar-refractivity contribution in [2.24, 2.45) is 0 Å². The predicted molar refractivity (Wildman–Crippen MR) is 91.8 cm³/mol. The number of methoxy groups -OCH3 is 2. The molecule has 0 saturated carbocycles. The highest BCUT2D eigenvalue weighted by atomic mass is 32.2. The highest BCUT2D eigenvalue weighted by molar-refractivity contribution is 7.89. The van der Waals surface area contributed by atoms with Crippen molar-refractivity contribution in [1.29, 1.82) is 0 Å². The van der Waals surface area contributed by atoms with E-state index in [1.165, 1.54) is 42.8 Å². The van der Waals surface area contributed by atoms with E-state index < -0.39 is 10.0 Å². The van der Waals surface area contributed by atoms with Gasteiger partial charge in [0.2, 0.25) is 10.0 Å². The lowest BCUT2D eigenvalue weighted by Gasteiger charge is -2.25. The van der Waals surface area contributed by atoms with Gasteiger partial charge in [0.1, 0.15) is 5.82 Å². The van der Waals surface area contributed by atoms with E-state index in [0.717, 1.165) is 12.0 Å². The fourth-order valence-corrected chi connectivity index (χ4v) is 4.86. The van der Waals surface area contributed by atoms with Crippen LogP contribution in [0.2, 0.25) is 0 Å². The number of nitrogens with zero attached hydrogens (tertiary/aromatic N) is 1. The summed E-state index contributed by atoms with van der Waals surface area (Å²) in [4.78, 5) is 0.152. The number of sulfonamides is 1. The number of hydrogen-bond donors (Lipinski definition) is 0. The molecule has 1 unspecified atom stereocenters. The molecule has 0 radical (unpaired) electrons. The van der Waals surface area contributed by atoms with E-state index in [0.29, 0.717) is 24.5 Å². The predicted octanol–water partition coefficient (Wildman–Crippen LogP) is 3.37.